The van der Waals surface area contributed by atoms with Crippen molar-refractivity contribution in [1.82, 2.24) is 0 Å². The Balaban J connectivity index is 1.91. The van der Waals surface area contributed by atoms with Crippen molar-refractivity contribution in [3.8, 4) is 6.07 Å². The average Bonchev–Trinajstić information content (AvgIpc) is 2.42. The summed E-state index contributed by atoms with van der Waals surface area (Å²) in [4.78, 5) is 0. The molecule has 0 N–H and O–H groups in total. The summed E-state index contributed by atoms with van der Waals surface area (Å²) in [6.45, 7) is 0. The van der Waals surface area contributed by atoms with Crippen LogP contribution in [0.3, 0.4) is 0 Å². The number of hydrogen-bond donors (Lipinski definition) is 0. The summed E-state index contributed by atoms with van der Waals surface area (Å²) >= 11 is 7.33. The molecule has 19 heavy (non-hydrogen) atoms. The first-order valence-electron chi connectivity index (χ1n) is 5.70. The molecule has 2 rings (SSSR count). The lowest BCUT2D eigenvalue weighted by molar-refractivity contribution is 0.617. The fourth-order valence-electron chi connectivity index (χ4n) is 1.59. The van der Waals surface area contributed by atoms with E-state index >= 15 is 0 Å². The molecule has 0 aromatic heterocycles. The van der Waals surface area contributed by atoms with Crippen molar-refractivity contribution in [3.63, 3.8) is 0 Å². The molecule has 1 nitrogen and oxygen atoms in total. The fraction of sp³-hybridized carbons (Fsp3) is 0.133. The molecule has 0 bridgehead atoms. The summed E-state index contributed by atoms with van der Waals surface area (Å²) in [6.07, 6.45) is 0. The topological polar surface area (TPSA) is 23.8 Å². The molecule has 2 aromatic carbocycles. The highest BCUT2D eigenvalue weighted by Gasteiger charge is 2.03. The summed E-state index contributed by atoms with van der Waals surface area (Å²) in [6, 6.07) is 14.2. The van der Waals surface area contributed by atoms with E-state index in [0.717, 1.165) is 11.3 Å². The monoisotopic (exact) mass is 291 g/mol. The maximum Gasteiger partial charge on any atom is 0.128 e. The molecule has 2 aromatic rings. The zero-order valence-corrected chi connectivity index (χ0v) is 11.6. The van der Waals surface area contributed by atoms with Crippen LogP contribution in [0.25, 0.3) is 0 Å². The van der Waals surface area contributed by atoms with Gasteiger partial charge in [0.2, 0.25) is 0 Å². The molecule has 0 aliphatic heterocycles. The Hall–Kier alpha value is -1.50. The van der Waals surface area contributed by atoms with E-state index in [0.29, 0.717) is 21.9 Å². The van der Waals surface area contributed by atoms with Crippen LogP contribution >= 0.6 is 23.4 Å². The van der Waals surface area contributed by atoms with Gasteiger partial charge in [0.1, 0.15) is 5.82 Å². The summed E-state index contributed by atoms with van der Waals surface area (Å²) in [7, 11) is 0. The van der Waals surface area contributed by atoms with Crippen LogP contribution in [-0.2, 0) is 11.5 Å². The van der Waals surface area contributed by atoms with Crippen LogP contribution in [0.1, 0.15) is 16.7 Å². The Kier molecular flexibility index (Phi) is 4.84. The van der Waals surface area contributed by atoms with Crippen molar-refractivity contribution < 1.29 is 4.39 Å². The highest BCUT2D eigenvalue weighted by molar-refractivity contribution is 7.97. The Morgan fingerprint density at radius 1 is 1.11 bits per heavy atom. The zero-order chi connectivity index (χ0) is 13.7. The quantitative estimate of drug-likeness (QED) is 0.809. The molecule has 0 saturated carbocycles. The predicted molar refractivity (Wildman–Crippen MR) is 77.6 cm³/mol. The second kappa shape index (κ2) is 6.60. The van der Waals surface area contributed by atoms with E-state index in [2.05, 4.69) is 6.07 Å². The van der Waals surface area contributed by atoms with Crippen LogP contribution in [0.5, 0.6) is 0 Å². The molecule has 0 aliphatic rings. The Labute approximate surface area is 121 Å². The normalized spacial score (nSPS) is 10.2. The Bertz CT molecular complexity index is 605. The molecule has 0 fully saturated rings. The minimum Gasteiger partial charge on any atom is -0.207 e. The third kappa shape index (κ3) is 3.99. The van der Waals surface area contributed by atoms with Gasteiger partial charge in [0.05, 0.1) is 11.6 Å². The van der Waals surface area contributed by atoms with Gasteiger partial charge in [-0.1, -0.05) is 29.8 Å². The number of rotatable bonds is 4. The fourth-order valence-corrected chi connectivity index (χ4v) is 2.74. The van der Waals surface area contributed by atoms with E-state index in [9.17, 15) is 4.39 Å². The number of nitrogens with zero attached hydrogens (tertiary/aromatic N) is 1. The van der Waals surface area contributed by atoms with Crippen LogP contribution in [0, 0.1) is 17.1 Å². The van der Waals surface area contributed by atoms with Crippen LogP contribution in [0.4, 0.5) is 4.39 Å². The van der Waals surface area contributed by atoms with E-state index in [1.807, 2.05) is 12.1 Å². The maximum absolute atomic E-state index is 13.5. The molecule has 0 aliphatic carbocycles. The first kappa shape index (κ1) is 13.9. The molecule has 0 atom stereocenters. The highest BCUT2D eigenvalue weighted by atomic mass is 35.5. The molecule has 4 heteroatoms. The molecule has 0 radical (unpaired) electrons. The van der Waals surface area contributed by atoms with Crippen LogP contribution in [-0.4, -0.2) is 0 Å². The van der Waals surface area contributed by atoms with Crippen molar-refractivity contribution in [2.24, 2.45) is 0 Å². The van der Waals surface area contributed by atoms with Crippen molar-refractivity contribution in [3.05, 3.63) is 70.0 Å². The van der Waals surface area contributed by atoms with E-state index in [-0.39, 0.29) is 5.82 Å². The SMILES string of the molecule is N#Cc1ccc(CSCc2ccc(Cl)cc2F)cc1. The number of benzene rings is 2. The summed E-state index contributed by atoms with van der Waals surface area (Å²) in [5.41, 5.74) is 2.43. The second-order valence-electron chi connectivity index (χ2n) is 4.04. The summed E-state index contributed by atoms with van der Waals surface area (Å²) < 4.78 is 13.5. The summed E-state index contributed by atoms with van der Waals surface area (Å²) in [5.74, 6) is 1.12. The third-order valence-corrected chi connectivity index (χ3v) is 3.91. The first-order chi connectivity index (χ1) is 9.19. The minimum absolute atomic E-state index is 0.264. The molecule has 0 spiro atoms. The van der Waals surface area contributed by atoms with Crippen molar-refractivity contribution in [1.29, 1.82) is 5.26 Å². The first-order valence-corrected chi connectivity index (χ1v) is 7.23. The van der Waals surface area contributed by atoms with Crippen LogP contribution in [0.2, 0.25) is 5.02 Å². The zero-order valence-electron chi connectivity index (χ0n) is 10.1. The lowest BCUT2D eigenvalue weighted by atomic mass is 10.2. The van der Waals surface area contributed by atoms with E-state index in [4.69, 9.17) is 16.9 Å². The number of nitriles is 1. The largest absolute Gasteiger partial charge is 0.207 e. The van der Waals surface area contributed by atoms with Gasteiger partial charge < -0.3 is 0 Å². The maximum atomic E-state index is 13.5. The molecule has 0 heterocycles. The molecule has 0 saturated heterocycles. The molecule has 0 unspecified atom stereocenters. The number of thioether (sulfide) groups is 1. The van der Waals surface area contributed by atoms with Crippen LogP contribution in [0.15, 0.2) is 42.5 Å². The second-order valence-corrected chi connectivity index (χ2v) is 5.46. The van der Waals surface area contributed by atoms with E-state index < -0.39 is 0 Å². The number of halogens is 2. The minimum atomic E-state index is -0.264. The average molecular weight is 292 g/mol. The van der Waals surface area contributed by atoms with Gasteiger partial charge in [0, 0.05) is 16.5 Å². The van der Waals surface area contributed by atoms with Gasteiger partial charge in [0.25, 0.3) is 0 Å². The van der Waals surface area contributed by atoms with Crippen molar-refractivity contribution in [2.75, 3.05) is 0 Å². The number of hydrogen-bond acceptors (Lipinski definition) is 2. The standard InChI is InChI=1S/C15H11ClFNS/c16-14-6-5-13(15(17)7-14)10-19-9-12-3-1-11(8-18)2-4-12/h1-7H,9-10H2. The van der Waals surface area contributed by atoms with Crippen LogP contribution < -0.4 is 0 Å². The predicted octanol–water partition coefficient (Wildman–Crippen LogP) is 4.78. The van der Waals surface area contributed by atoms with Crippen molar-refractivity contribution in [2.45, 2.75) is 11.5 Å². The third-order valence-electron chi connectivity index (χ3n) is 2.62. The smallest absolute Gasteiger partial charge is 0.128 e. The van der Waals surface area contributed by atoms with Gasteiger partial charge in [-0.15, -0.1) is 0 Å². The lowest BCUT2D eigenvalue weighted by Gasteiger charge is -2.04. The highest BCUT2D eigenvalue weighted by Crippen LogP contribution is 2.22. The van der Waals surface area contributed by atoms with Crippen molar-refractivity contribution >= 4 is 23.4 Å². The molecular formula is C15H11ClFNS. The Morgan fingerprint density at radius 2 is 1.84 bits per heavy atom. The van der Waals surface area contributed by atoms with E-state index in [1.165, 1.54) is 6.07 Å². The van der Waals surface area contributed by atoms with Gasteiger partial charge in [0.15, 0.2) is 0 Å². The molecular weight excluding hydrogens is 281 g/mol. The van der Waals surface area contributed by atoms with Gasteiger partial charge in [-0.05, 0) is 35.4 Å². The van der Waals surface area contributed by atoms with E-state index in [1.54, 1.807) is 36.0 Å². The lowest BCUT2D eigenvalue weighted by Crippen LogP contribution is -1.88. The molecule has 96 valence electrons. The van der Waals surface area contributed by atoms with Gasteiger partial charge >= 0.3 is 0 Å². The molecule has 0 amide bonds. The van der Waals surface area contributed by atoms with Gasteiger partial charge in [-0.2, -0.15) is 17.0 Å². The summed E-state index contributed by atoms with van der Waals surface area (Å²) in [5, 5.41) is 9.11. The van der Waals surface area contributed by atoms with Gasteiger partial charge in [-0.3, -0.25) is 0 Å². The Morgan fingerprint density at radius 3 is 2.47 bits per heavy atom. The van der Waals surface area contributed by atoms with Gasteiger partial charge in [-0.25, -0.2) is 4.39 Å².